The predicted molar refractivity (Wildman–Crippen MR) is 85.3 cm³/mol. The molecule has 1 fully saturated rings. The van der Waals surface area contributed by atoms with Gasteiger partial charge in [0.1, 0.15) is 5.01 Å². The number of nitrogens with zero attached hydrogens (tertiary/aromatic N) is 3. The molecule has 20 heavy (non-hydrogen) atoms. The molecule has 0 saturated carbocycles. The van der Waals surface area contributed by atoms with E-state index < -0.39 is 0 Å². The molecule has 1 aromatic rings. The number of nitrogens with one attached hydrogen (secondary N) is 2. The van der Waals surface area contributed by atoms with Crippen molar-refractivity contribution in [2.24, 2.45) is 4.99 Å². The summed E-state index contributed by atoms with van der Waals surface area (Å²) in [6.07, 6.45) is 5.80. The number of rotatable bonds is 6. The van der Waals surface area contributed by atoms with E-state index in [9.17, 15) is 0 Å². The highest BCUT2D eigenvalue weighted by atomic mass is 32.1. The van der Waals surface area contributed by atoms with Crippen LogP contribution in [0.4, 0.5) is 0 Å². The van der Waals surface area contributed by atoms with E-state index in [4.69, 9.17) is 0 Å². The van der Waals surface area contributed by atoms with Gasteiger partial charge in [0.15, 0.2) is 5.96 Å². The maximum absolute atomic E-state index is 4.34. The van der Waals surface area contributed by atoms with Crippen molar-refractivity contribution < 1.29 is 0 Å². The van der Waals surface area contributed by atoms with Crippen LogP contribution in [-0.4, -0.2) is 49.1 Å². The molecule has 0 radical (unpaired) electrons. The zero-order valence-electron chi connectivity index (χ0n) is 12.5. The number of aromatic nitrogens is 1. The second kappa shape index (κ2) is 8.21. The lowest BCUT2D eigenvalue weighted by atomic mass is 10.4. The van der Waals surface area contributed by atoms with Gasteiger partial charge in [-0.15, -0.1) is 11.3 Å². The van der Waals surface area contributed by atoms with Gasteiger partial charge in [0.05, 0.1) is 6.54 Å². The van der Waals surface area contributed by atoms with Gasteiger partial charge < -0.3 is 15.5 Å². The molecule has 0 aliphatic carbocycles. The van der Waals surface area contributed by atoms with E-state index in [1.807, 2.05) is 13.2 Å². The molecule has 2 rings (SSSR count). The van der Waals surface area contributed by atoms with E-state index in [-0.39, 0.29) is 0 Å². The van der Waals surface area contributed by atoms with E-state index in [0.717, 1.165) is 30.5 Å². The third kappa shape index (κ3) is 5.09. The highest BCUT2D eigenvalue weighted by molar-refractivity contribution is 7.11. The number of hydrogen-bond acceptors (Lipinski definition) is 4. The molecule has 0 bridgehead atoms. The first-order valence-electron chi connectivity index (χ1n) is 7.36. The molecule has 0 spiro atoms. The highest BCUT2D eigenvalue weighted by Crippen LogP contribution is 2.10. The molecule has 1 aliphatic rings. The van der Waals surface area contributed by atoms with Gasteiger partial charge in [-0.3, -0.25) is 4.99 Å². The minimum Gasteiger partial charge on any atom is -0.356 e. The third-order valence-electron chi connectivity index (χ3n) is 3.44. The fraction of sp³-hybridized carbons (Fsp3) is 0.714. The zero-order chi connectivity index (χ0) is 14.2. The quantitative estimate of drug-likeness (QED) is 0.475. The summed E-state index contributed by atoms with van der Waals surface area (Å²) >= 11 is 1.72. The van der Waals surface area contributed by atoms with E-state index in [0.29, 0.717) is 0 Å². The second-order valence-corrected chi connectivity index (χ2v) is 6.44. The Kier molecular flexibility index (Phi) is 6.26. The summed E-state index contributed by atoms with van der Waals surface area (Å²) in [5, 5.41) is 7.76. The summed E-state index contributed by atoms with van der Waals surface area (Å²) in [6, 6.07) is 0. The normalized spacial score (nSPS) is 16.6. The maximum Gasteiger partial charge on any atom is 0.191 e. The van der Waals surface area contributed by atoms with Crippen LogP contribution in [0.15, 0.2) is 11.2 Å². The number of aliphatic imine (C=N–C) groups is 1. The van der Waals surface area contributed by atoms with Crippen molar-refractivity contribution in [3.8, 4) is 0 Å². The molecular weight excluding hydrogens is 270 g/mol. The van der Waals surface area contributed by atoms with Crippen LogP contribution in [0.5, 0.6) is 0 Å². The molecule has 112 valence electrons. The summed E-state index contributed by atoms with van der Waals surface area (Å²) in [5.41, 5.74) is 0. The molecule has 5 nitrogen and oxygen atoms in total. The van der Waals surface area contributed by atoms with Gasteiger partial charge in [0.2, 0.25) is 0 Å². The van der Waals surface area contributed by atoms with Crippen LogP contribution < -0.4 is 10.6 Å². The Morgan fingerprint density at radius 3 is 2.85 bits per heavy atom. The first-order chi connectivity index (χ1) is 9.78. The SMILES string of the molecule is CN=C(NCCCN1CCCC1)NCc1ncc(C)s1. The third-order valence-corrected chi connectivity index (χ3v) is 4.35. The average molecular weight is 295 g/mol. The van der Waals surface area contributed by atoms with Crippen LogP contribution in [0.25, 0.3) is 0 Å². The lowest BCUT2D eigenvalue weighted by molar-refractivity contribution is 0.334. The highest BCUT2D eigenvalue weighted by Gasteiger charge is 2.10. The Labute approximate surface area is 125 Å². The lowest BCUT2D eigenvalue weighted by Crippen LogP contribution is -2.38. The molecule has 0 atom stereocenters. The molecule has 1 saturated heterocycles. The minimum atomic E-state index is 0.740. The molecule has 2 heterocycles. The van der Waals surface area contributed by atoms with Crippen LogP contribution in [-0.2, 0) is 6.54 Å². The first kappa shape index (κ1) is 15.3. The summed E-state index contributed by atoms with van der Waals surface area (Å²) in [6.45, 7) is 7.52. The summed E-state index contributed by atoms with van der Waals surface area (Å²) in [4.78, 5) is 12.4. The fourth-order valence-corrected chi connectivity index (χ4v) is 3.11. The van der Waals surface area contributed by atoms with Gasteiger partial charge in [-0.25, -0.2) is 4.98 Å². The van der Waals surface area contributed by atoms with Crippen molar-refractivity contribution in [3.63, 3.8) is 0 Å². The molecular formula is C14H25N5S. The summed E-state index contributed by atoms with van der Waals surface area (Å²) < 4.78 is 0. The Hall–Kier alpha value is -1.14. The van der Waals surface area contributed by atoms with Crippen LogP contribution in [0.1, 0.15) is 29.1 Å². The van der Waals surface area contributed by atoms with Gasteiger partial charge in [0, 0.05) is 24.7 Å². The number of guanidine groups is 1. The van der Waals surface area contributed by atoms with Crippen molar-refractivity contribution >= 4 is 17.3 Å². The molecule has 6 heteroatoms. The first-order valence-corrected chi connectivity index (χ1v) is 8.18. The number of aryl methyl sites for hydroxylation is 1. The van der Waals surface area contributed by atoms with Gasteiger partial charge >= 0.3 is 0 Å². The van der Waals surface area contributed by atoms with E-state index in [1.54, 1.807) is 11.3 Å². The molecule has 0 amide bonds. The Bertz CT molecular complexity index is 423. The van der Waals surface area contributed by atoms with Crippen molar-refractivity contribution in [2.45, 2.75) is 32.7 Å². The maximum atomic E-state index is 4.34. The number of thiazole rings is 1. The van der Waals surface area contributed by atoms with E-state index in [1.165, 1.54) is 37.4 Å². The fourth-order valence-electron chi connectivity index (χ4n) is 2.38. The van der Waals surface area contributed by atoms with Crippen LogP contribution >= 0.6 is 11.3 Å². The van der Waals surface area contributed by atoms with Gasteiger partial charge in [-0.05, 0) is 45.8 Å². The predicted octanol–water partition coefficient (Wildman–Crippen LogP) is 1.60. The lowest BCUT2D eigenvalue weighted by Gasteiger charge is -2.15. The number of hydrogen-bond donors (Lipinski definition) is 2. The number of likely N-dealkylation sites (tertiary alicyclic amines) is 1. The van der Waals surface area contributed by atoms with Crippen molar-refractivity contribution in [1.29, 1.82) is 0 Å². The molecule has 1 aromatic heterocycles. The summed E-state index contributed by atoms with van der Waals surface area (Å²) in [7, 11) is 1.81. The molecule has 0 aromatic carbocycles. The Morgan fingerprint density at radius 1 is 1.40 bits per heavy atom. The second-order valence-electron chi connectivity index (χ2n) is 5.12. The molecule has 1 aliphatic heterocycles. The van der Waals surface area contributed by atoms with E-state index >= 15 is 0 Å². The van der Waals surface area contributed by atoms with Crippen LogP contribution in [0.3, 0.4) is 0 Å². The minimum absolute atomic E-state index is 0.740. The monoisotopic (exact) mass is 295 g/mol. The smallest absolute Gasteiger partial charge is 0.191 e. The van der Waals surface area contributed by atoms with Gasteiger partial charge in [0.25, 0.3) is 0 Å². The van der Waals surface area contributed by atoms with Crippen molar-refractivity contribution in [1.82, 2.24) is 20.5 Å². The Morgan fingerprint density at radius 2 is 2.20 bits per heavy atom. The van der Waals surface area contributed by atoms with Crippen molar-refractivity contribution in [2.75, 3.05) is 33.2 Å². The molecule has 0 unspecified atom stereocenters. The molecule has 2 N–H and O–H groups in total. The average Bonchev–Trinajstić information content (AvgIpc) is 3.09. The summed E-state index contributed by atoms with van der Waals surface area (Å²) in [5.74, 6) is 0.860. The topological polar surface area (TPSA) is 52.6 Å². The Balaban J connectivity index is 1.59. The largest absolute Gasteiger partial charge is 0.356 e. The van der Waals surface area contributed by atoms with Gasteiger partial charge in [-0.1, -0.05) is 0 Å². The van der Waals surface area contributed by atoms with Crippen LogP contribution in [0, 0.1) is 6.92 Å². The van der Waals surface area contributed by atoms with Crippen LogP contribution in [0.2, 0.25) is 0 Å². The standard InChI is InChI=1S/C14H25N5S/c1-12-10-17-13(20-12)11-18-14(15-2)16-6-5-9-19-7-3-4-8-19/h10H,3-9,11H2,1-2H3,(H2,15,16,18). The van der Waals surface area contributed by atoms with Crippen molar-refractivity contribution in [3.05, 3.63) is 16.1 Å². The zero-order valence-corrected chi connectivity index (χ0v) is 13.3. The van der Waals surface area contributed by atoms with Gasteiger partial charge in [-0.2, -0.15) is 0 Å². The van der Waals surface area contributed by atoms with E-state index in [2.05, 4.69) is 32.4 Å².